The number of aliphatic imine (C=N–C) groups is 1. The number of nitrogens with zero attached hydrogens (tertiary/aromatic N) is 1. The van der Waals surface area contributed by atoms with E-state index in [-0.39, 0.29) is 11.3 Å². The molecule has 22 heavy (non-hydrogen) atoms. The normalized spacial score (nSPS) is 20.0. The van der Waals surface area contributed by atoms with Crippen LogP contribution in [0, 0.1) is 0 Å². The minimum absolute atomic E-state index is 0.165. The first-order valence-electron chi connectivity index (χ1n) is 6.75. The van der Waals surface area contributed by atoms with E-state index in [0.29, 0.717) is 18.7 Å². The third-order valence-electron chi connectivity index (χ3n) is 3.04. The van der Waals surface area contributed by atoms with Crippen LogP contribution in [-0.4, -0.2) is 47.2 Å². The maximum atomic E-state index is 11.6. The molecule has 1 unspecified atom stereocenters. The highest BCUT2D eigenvalue weighted by atomic mass is 16.3. The number of carbonyl (C=O) groups is 2. The number of rotatable bonds is 5. The predicted molar refractivity (Wildman–Crippen MR) is 81.8 cm³/mol. The Morgan fingerprint density at radius 2 is 2.00 bits per heavy atom. The highest BCUT2D eigenvalue weighted by Gasteiger charge is 2.27. The van der Waals surface area contributed by atoms with Crippen LogP contribution < -0.4 is 5.32 Å². The number of allylic oxidation sites excluding steroid dienone is 1. The van der Waals surface area contributed by atoms with Crippen molar-refractivity contribution in [3.8, 4) is 5.75 Å². The quantitative estimate of drug-likeness (QED) is 0.315. The summed E-state index contributed by atoms with van der Waals surface area (Å²) in [6.45, 7) is 0.913. The summed E-state index contributed by atoms with van der Waals surface area (Å²) in [5, 5.41) is 21.8. The summed E-state index contributed by atoms with van der Waals surface area (Å²) < 4.78 is 0. The number of benzene rings is 1. The Balaban J connectivity index is 1.81. The van der Waals surface area contributed by atoms with Crippen molar-refractivity contribution >= 4 is 17.8 Å². The first kappa shape index (κ1) is 15.7. The molecule has 6 heteroatoms. The zero-order valence-corrected chi connectivity index (χ0v) is 11.8. The molecule has 1 aliphatic rings. The van der Waals surface area contributed by atoms with Gasteiger partial charge in [-0.3, -0.25) is 14.6 Å². The van der Waals surface area contributed by atoms with E-state index in [1.807, 2.05) is 0 Å². The lowest BCUT2D eigenvalue weighted by molar-refractivity contribution is -0.133. The van der Waals surface area contributed by atoms with Crippen LogP contribution >= 0.6 is 0 Å². The summed E-state index contributed by atoms with van der Waals surface area (Å²) in [6, 6.07) is 6.86. The molecule has 2 rings (SSSR count). The van der Waals surface area contributed by atoms with E-state index < -0.39 is 17.7 Å². The average Bonchev–Trinajstić information content (AvgIpc) is 2.52. The number of carbonyl (C=O) groups excluding carboxylic acids is 2. The van der Waals surface area contributed by atoms with Gasteiger partial charge in [0, 0.05) is 30.1 Å². The standard InChI is InChI=1S/C16H16N2O4/c19-13-4-2-1-3-11(13)9-17-7-8-18-10-12-5-6-14(20)16(22)15(12)21/h1-6,9-10,16,18-19,22H,7-8H2/b12-10+,17-9?. The number of nitrogens with one attached hydrogen (secondary N) is 1. The van der Waals surface area contributed by atoms with Crippen molar-refractivity contribution in [2.24, 2.45) is 4.99 Å². The maximum Gasteiger partial charge on any atom is 0.200 e. The molecule has 0 fully saturated rings. The molecule has 1 aliphatic carbocycles. The van der Waals surface area contributed by atoms with Gasteiger partial charge < -0.3 is 15.5 Å². The third-order valence-corrected chi connectivity index (χ3v) is 3.04. The van der Waals surface area contributed by atoms with Crippen molar-refractivity contribution in [2.75, 3.05) is 13.1 Å². The van der Waals surface area contributed by atoms with E-state index >= 15 is 0 Å². The number of aromatic hydroxyl groups is 1. The van der Waals surface area contributed by atoms with Crippen molar-refractivity contribution in [3.05, 3.63) is 53.8 Å². The second-order valence-electron chi connectivity index (χ2n) is 4.65. The Hall–Kier alpha value is -2.73. The number of hydrogen-bond acceptors (Lipinski definition) is 6. The zero-order chi connectivity index (χ0) is 15.9. The van der Waals surface area contributed by atoms with Crippen LogP contribution in [0.3, 0.4) is 0 Å². The van der Waals surface area contributed by atoms with E-state index in [9.17, 15) is 19.8 Å². The molecule has 6 nitrogen and oxygen atoms in total. The van der Waals surface area contributed by atoms with Crippen LogP contribution in [0.2, 0.25) is 0 Å². The van der Waals surface area contributed by atoms with Crippen LogP contribution in [0.15, 0.2) is 53.2 Å². The lowest BCUT2D eigenvalue weighted by Crippen LogP contribution is -2.33. The molecule has 0 radical (unpaired) electrons. The monoisotopic (exact) mass is 300 g/mol. The van der Waals surface area contributed by atoms with Gasteiger partial charge in [-0.05, 0) is 24.3 Å². The first-order valence-corrected chi connectivity index (χ1v) is 6.75. The highest BCUT2D eigenvalue weighted by Crippen LogP contribution is 2.12. The van der Waals surface area contributed by atoms with Crippen molar-refractivity contribution in [1.82, 2.24) is 5.32 Å². The van der Waals surface area contributed by atoms with Crippen molar-refractivity contribution in [3.63, 3.8) is 0 Å². The first-order chi connectivity index (χ1) is 10.6. The molecule has 0 aromatic heterocycles. The van der Waals surface area contributed by atoms with Crippen LogP contribution in [-0.2, 0) is 9.59 Å². The summed E-state index contributed by atoms with van der Waals surface area (Å²) in [5.41, 5.74) is 0.879. The van der Waals surface area contributed by atoms with Gasteiger partial charge >= 0.3 is 0 Å². The molecule has 0 saturated carbocycles. The summed E-state index contributed by atoms with van der Waals surface area (Å²) in [6.07, 6.45) is 3.96. The Bertz CT molecular complexity index is 662. The van der Waals surface area contributed by atoms with Gasteiger partial charge in [-0.25, -0.2) is 0 Å². The Kier molecular flexibility index (Phi) is 5.21. The van der Waals surface area contributed by atoms with Gasteiger partial charge in [0.15, 0.2) is 11.9 Å². The van der Waals surface area contributed by atoms with Crippen molar-refractivity contribution in [1.29, 1.82) is 0 Å². The summed E-state index contributed by atoms with van der Waals surface area (Å²) >= 11 is 0. The van der Waals surface area contributed by atoms with E-state index in [2.05, 4.69) is 10.3 Å². The number of hydrogen-bond donors (Lipinski definition) is 3. The Morgan fingerprint density at radius 3 is 2.77 bits per heavy atom. The molecule has 1 atom stereocenters. The minimum Gasteiger partial charge on any atom is -0.507 e. The maximum absolute atomic E-state index is 11.6. The number of Topliss-reactive ketones (excluding diaryl/α,β-unsaturated/α-hetero) is 1. The van der Waals surface area contributed by atoms with Crippen molar-refractivity contribution < 1.29 is 19.8 Å². The lowest BCUT2D eigenvalue weighted by atomic mass is 9.97. The van der Waals surface area contributed by atoms with Gasteiger partial charge in [-0.1, -0.05) is 12.1 Å². The molecule has 3 N–H and O–H groups in total. The number of phenols is 1. The molecule has 114 valence electrons. The molecule has 0 heterocycles. The molecular formula is C16H16N2O4. The number of phenolic OH excluding ortho intramolecular Hbond substituents is 1. The van der Waals surface area contributed by atoms with Gasteiger partial charge in [0.25, 0.3) is 0 Å². The summed E-state index contributed by atoms with van der Waals surface area (Å²) in [4.78, 5) is 26.8. The van der Waals surface area contributed by atoms with E-state index in [1.54, 1.807) is 30.5 Å². The summed E-state index contributed by atoms with van der Waals surface area (Å²) in [5.74, 6) is -1.05. The number of aliphatic hydroxyl groups excluding tert-OH is 1. The van der Waals surface area contributed by atoms with Gasteiger partial charge in [0.2, 0.25) is 5.78 Å². The van der Waals surface area contributed by atoms with Crippen LogP contribution in [0.1, 0.15) is 5.56 Å². The fourth-order valence-corrected chi connectivity index (χ4v) is 1.82. The molecular weight excluding hydrogens is 284 g/mol. The topological polar surface area (TPSA) is 99.0 Å². The molecule has 0 saturated heterocycles. The van der Waals surface area contributed by atoms with E-state index in [1.165, 1.54) is 18.4 Å². The van der Waals surface area contributed by atoms with Gasteiger partial charge in [0.05, 0.1) is 6.54 Å². The third kappa shape index (κ3) is 3.89. The minimum atomic E-state index is -1.60. The fourth-order valence-electron chi connectivity index (χ4n) is 1.82. The fraction of sp³-hybridized carbons (Fsp3) is 0.188. The molecule has 1 aromatic carbocycles. The Morgan fingerprint density at radius 1 is 1.23 bits per heavy atom. The summed E-state index contributed by atoms with van der Waals surface area (Å²) in [7, 11) is 0. The van der Waals surface area contributed by atoms with Gasteiger partial charge in [0.1, 0.15) is 5.75 Å². The number of ketones is 2. The smallest absolute Gasteiger partial charge is 0.200 e. The van der Waals surface area contributed by atoms with Crippen LogP contribution in [0.5, 0.6) is 5.75 Å². The van der Waals surface area contributed by atoms with E-state index in [4.69, 9.17) is 0 Å². The molecule has 0 amide bonds. The van der Waals surface area contributed by atoms with Gasteiger partial charge in [-0.2, -0.15) is 0 Å². The molecule has 0 spiro atoms. The second kappa shape index (κ2) is 7.33. The molecule has 0 bridgehead atoms. The molecule has 0 aliphatic heterocycles. The lowest BCUT2D eigenvalue weighted by Gasteiger charge is -2.11. The predicted octanol–water partition coefficient (Wildman–Crippen LogP) is 0.353. The largest absolute Gasteiger partial charge is 0.507 e. The number of aliphatic hydroxyl groups is 1. The van der Waals surface area contributed by atoms with Crippen LogP contribution in [0.4, 0.5) is 0 Å². The van der Waals surface area contributed by atoms with Crippen molar-refractivity contribution in [2.45, 2.75) is 6.10 Å². The second-order valence-corrected chi connectivity index (χ2v) is 4.65. The zero-order valence-electron chi connectivity index (χ0n) is 11.8. The number of para-hydroxylation sites is 1. The van der Waals surface area contributed by atoms with Gasteiger partial charge in [-0.15, -0.1) is 0 Å². The average molecular weight is 300 g/mol. The Labute approximate surface area is 127 Å². The van der Waals surface area contributed by atoms with Crippen LogP contribution in [0.25, 0.3) is 0 Å². The SMILES string of the molecule is O=C1C=C/C(=C\NCCN=Cc2ccccc2O)C(=O)C1O. The highest BCUT2D eigenvalue weighted by molar-refractivity contribution is 6.20. The van der Waals surface area contributed by atoms with E-state index in [0.717, 1.165) is 0 Å². The molecule has 1 aromatic rings.